The molecule has 0 saturated carbocycles. The number of rotatable bonds is 5. The number of H-pyrrole nitrogens is 1. The molecule has 1 aliphatic rings. The fraction of sp³-hybridized carbons (Fsp3) is 0.500. The summed E-state index contributed by atoms with van der Waals surface area (Å²) in [5.41, 5.74) is 1.99. The van der Waals surface area contributed by atoms with Crippen LogP contribution in [0.3, 0.4) is 0 Å². The maximum atomic E-state index is 12.6. The molecule has 130 valence electrons. The van der Waals surface area contributed by atoms with Gasteiger partial charge in [0.2, 0.25) is 5.91 Å². The van der Waals surface area contributed by atoms with Gasteiger partial charge in [-0.2, -0.15) is 0 Å². The Balaban J connectivity index is 1.64. The Kier molecular flexibility index (Phi) is 5.13. The number of hydrogen-bond donors (Lipinski definition) is 1. The van der Waals surface area contributed by atoms with Gasteiger partial charge in [0, 0.05) is 55.4 Å². The van der Waals surface area contributed by atoms with Gasteiger partial charge in [-0.05, 0) is 37.2 Å². The van der Waals surface area contributed by atoms with Crippen molar-refractivity contribution in [3.05, 3.63) is 35.0 Å². The number of fused-ring (bicyclic) bond motifs is 1. The molecule has 1 amide bonds. The number of carbonyl (C=O) groups excluding carboxylic acids is 1. The maximum absolute atomic E-state index is 12.6. The SMILES string of the molecule is CO[C@H]1C[C@@H](CN(C)C(=O)Cc2c[nH]c3ccc(Cl)cc23)N(C)C1. The first-order valence-corrected chi connectivity index (χ1v) is 8.58. The highest BCUT2D eigenvalue weighted by Crippen LogP contribution is 2.23. The van der Waals surface area contributed by atoms with Crippen LogP contribution >= 0.6 is 11.6 Å². The molecule has 0 radical (unpaired) electrons. The molecule has 3 rings (SSSR count). The lowest BCUT2D eigenvalue weighted by Gasteiger charge is -2.25. The van der Waals surface area contributed by atoms with E-state index in [9.17, 15) is 4.79 Å². The van der Waals surface area contributed by atoms with Crippen molar-refractivity contribution < 1.29 is 9.53 Å². The number of likely N-dealkylation sites (N-methyl/N-ethyl adjacent to an activating group) is 2. The molecule has 0 spiro atoms. The smallest absolute Gasteiger partial charge is 0.226 e. The molecule has 1 aromatic heterocycles. The lowest BCUT2D eigenvalue weighted by atomic mass is 10.1. The molecule has 0 aliphatic carbocycles. The maximum Gasteiger partial charge on any atom is 0.226 e. The molecule has 1 saturated heterocycles. The van der Waals surface area contributed by atoms with Crippen molar-refractivity contribution in [3.63, 3.8) is 0 Å². The largest absolute Gasteiger partial charge is 0.380 e. The molecular weight excluding hydrogens is 326 g/mol. The van der Waals surface area contributed by atoms with Crippen molar-refractivity contribution in [2.75, 3.05) is 34.3 Å². The second-order valence-electron chi connectivity index (χ2n) is 6.64. The first-order chi connectivity index (χ1) is 11.5. The Bertz CT molecular complexity index is 730. The number of aromatic nitrogens is 1. The Morgan fingerprint density at radius 3 is 3.00 bits per heavy atom. The first-order valence-electron chi connectivity index (χ1n) is 8.20. The fourth-order valence-corrected chi connectivity index (χ4v) is 3.60. The van der Waals surface area contributed by atoms with Crippen molar-refractivity contribution in [3.8, 4) is 0 Å². The van der Waals surface area contributed by atoms with Crippen LogP contribution in [0.25, 0.3) is 10.9 Å². The van der Waals surface area contributed by atoms with Crippen molar-refractivity contribution in [1.82, 2.24) is 14.8 Å². The summed E-state index contributed by atoms with van der Waals surface area (Å²) in [6.07, 6.45) is 3.50. The predicted molar refractivity (Wildman–Crippen MR) is 96.5 cm³/mol. The number of carbonyl (C=O) groups is 1. The molecule has 1 N–H and O–H groups in total. The van der Waals surface area contributed by atoms with Gasteiger partial charge >= 0.3 is 0 Å². The molecule has 0 bridgehead atoms. The van der Waals surface area contributed by atoms with Gasteiger partial charge in [-0.1, -0.05) is 11.6 Å². The summed E-state index contributed by atoms with van der Waals surface area (Å²) < 4.78 is 5.44. The van der Waals surface area contributed by atoms with E-state index < -0.39 is 0 Å². The monoisotopic (exact) mass is 349 g/mol. The van der Waals surface area contributed by atoms with E-state index in [1.165, 1.54) is 0 Å². The van der Waals surface area contributed by atoms with Crippen LogP contribution in [-0.4, -0.2) is 67.1 Å². The third-order valence-electron chi connectivity index (χ3n) is 4.96. The van der Waals surface area contributed by atoms with Crippen molar-refractivity contribution in [2.45, 2.75) is 25.0 Å². The third kappa shape index (κ3) is 3.58. The number of nitrogens with one attached hydrogen (secondary N) is 1. The highest BCUT2D eigenvalue weighted by molar-refractivity contribution is 6.31. The Morgan fingerprint density at radius 2 is 2.29 bits per heavy atom. The Morgan fingerprint density at radius 1 is 1.50 bits per heavy atom. The minimum Gasteiger partial charge on any atom is -0.380 e. The van der Waals surface area contributed by atoms with E-state index in [1.54, 1.807) is 7.11 Å². The van der Waals surface area contributed by atoms with E-state index in [4.69, 9.17) is 16.3 Å². The first kappa shape index (κ1) is 17.3. The Hall–Kier alpha value is -1.56. The Labute approximate surface area is 147 Å². The van der Waals surface area contributed by atoms with Gasteiger partial charge in [-0.3, -0.25) is 9.69 Å². The highest BCUT2D eigenvalue weighted by atomic mass is 35.5. The molecule has 1 fully saturated rings. The number of likely N-dealkylation sites (tertiary alicyclic amines) is 1. The summed E-state index contributed by atoms with van der Waals surface area (Å²) in [6.45, 7) is 1.64. The van der Waals surface area contributed by atoms with Gasteiger partial charge < -0.3 is 14.6 Å². The van der Waals surface area contributed by atoms with Gasteiger partial charge in [0.1, 0.15) is 0 Å². The van der Waals surface area contributed by atoms with Crippen LogP contribution in [0.1, 0.15) is 12.0 Å². The number of nitrogens with zero attached hydrogens (tertiary/aromatic N) is 2. The minimum absolute atomic E-state index is 0.116. The number of aromatic amines is 1. The zero-order valence-electron chi connectivity index (χ0n) is 14.4. The summed E-state index contributed by atoms with van der Waals surface area (Å²) in [6, 6.07) is 6.04. The van der Waals surface area contributed by atoms with E-state index in [1.807, 2.05) is 36.3 Å². The van der Waals surface area contributed by atoms with Crippen LogP contribution in [-0.2, 0) is 16.0 Å². The molecule has 24 heavy (non-hydrogen) atoms. The second kappa shape index (κ2) is 7.13. The van der Waals surface area contributed by atoms with E-state index in [0.29, 0.717) is 17.5 Å². The van der Waals surface area contributed by atoms with E-state index in [0.717, 1.165) is 36.0 Å². The summed E-state index contributed by atoms with van der Waals surface area (Å²) >= 11 is 6.08. The van der Waals surface area contributed by atoms with Crippen molar-refractivity contribution in [2.24, 2.45) is 0 Å². The minimum atomic E-state index is 0.116. The van der Waals surface area contributed by atoms with Crippen molar-refractivity contribution >= 4 is 28.4 Å². The van der Waals surface area contributed by atoms with Crippen LogP contribution in [0.4, 0.5) is 0 Å². The van der Waals surface area contributed by atoms with E-state index >= 15 is 0 Å². The molecule has 2 atom stereocenters. The number of methoxy groups -OCH3 is 1. The molecule has 2 heterocycles. The molecule has 0 unspecified atom stereocenters. The van der Waals surface area contributed by atoms with E-state index in [-0.39, 0.29) is 12.0 Å². The molecule has 5 nitrogen and oxygen atoms in total. The number of benzene rings is 1. The van der Waals surface area contributed by atoms with Crippen LogP contribution in [0.2, 0.25) is 5.02 Å². The summed E-state index contributed by atoms with van der Waals surface area (Å²) in [5, 5.41) is 1.70. The zero-order chi connectivity index (χ0) is 17.3. The van der Waals surface area contributed by atoms with Crippen LogP contribution in [0.5, 0.6) is 0 Å². The van der Waals surface area contributed by atoms with Crippen LogP contribution < -0.4 is 0 Å². The second-order valence-corrected chi connectivity index (χ2v) is 7.08. The average molecular weight is 350 g/mol. The standard InChI is InChI=1S/C18H24ClN3O2/c1-21-11-15(24-3)8-14(21)10-22(2)18(23)6-12-9-20-17-5-4-13(19)7-16(12)17/h4-5,7,9,14-15,20H,6,8,10-11H2,1-3H3/t14-,15-/m0/s1. The average Bonchev–Trinajstić information content (AvgIpc) is 3.11. The normalized spacial score (nSPS) is 21.5. The van der Waals surface area contributed by atoms with Gasteiger partial charge in [0.25, 0.3) is 0 Å². The lowest BCUT2D eigenvalue weighted by molar-refractivity contribution is -0.129. The highest BCUT2D eigenvalue weighted by Gasteiger charge is 2.31. The van der Waals surface area contributed by atoms with Crippen molar-refractivity contribution in [1.29, 1.82) is 0 Å². The zero-order valence-corrected chi connectivity index (χ0v) is 15.1. The number of amides is 1. The summed E-state index contributed by atoms with van der Waals surface area (Å²) in [7, 11) is 5.71. The predicted octanol–water partition coefficient (Wildman–Crippen LogP) is 2.54. The lowest BCUT2D eigenvalue weighted by Crippen LogP contribution is -2.40. The van der Waals surface area contributed by atoms with Gasteiger partial charge in [-0.25, -0.2) is 0 Å². The molecule has 1 aromatic carbocycles. The molecule has 2 aromatic rings. The summed E-state index contributed by atoms with van der Waals surface area (Å²) in [5.74, 6) is 0.116. The van der Waals surface area contributed by atoms with E-state index in [2.05, 4.69) is 16.9 Å². The van der Waals surface area contributed by atoms with Crippen LogP contribution in [0, 0.1) is 0 Å². The van der Waals surface area contributed by atoms with Crippen LogP contribution in [0.15, 0.2) is 24.4 Å². The third-order valence-corrected chi connectivity index (χ3v) is 5.20. The summed E-state index contributed by atoms with van der Waals surface area (Å²) in [4.78, 5) is 19.9. The molecule has 6 heteroatoms. The fourth-order valence-electron chi connectivity index (χ4n) is 3.43. The molecular formula is C18H24ClN3O2. The quantitative estimate of drug-likeness (QED) is 0.902. The molecule has 1 aliphatic heterocycles. The topological polar surface area (TPSA) is 48.6 Å². The number of hydrogen-bond acceptors (Lipinski definition) is 3. The number of ether oxygens (including phenoxy) is 1. The van der Waals surface area contributed by atoms with Gasteiger partial charge in [-0.15, -0.1) is 0 Å². The van der Waals surface area contributed by atoms with Gasteiger partial charge in [0.05, 0.1) is 12.5 Å². The number of halogens is 1. The van der Waals surface area contributed by atoms with Gasteiger partial charge in [0.15, 0.2) is 0 Å².